The molecule has 1 amide bonds. The monoisotopic (exact) mass is 397 g/mol. The van der Waals surface area contributed by atoms with Crippen LogP contribution in [0, 0.1) is 5.92 Å². The van der Waals surface area contributed by atoms with Gasteiger partial charge in [0.2, 0.25) is 0 Å². The van der Waals surface area contributed by atoms with Crippen LogP contribution in [0.3, 0.4) is 0 Å². The minimum absolute atomic E-state index is 0. The van der Waals surface area contributed by atoms with E-state index in [1.165, 1.54) is 6.42 Å². The molecule has 0 spiro atoms. The Kier molecular flexibility index (Phi) is 9.41. The lowest BCUT2D eigenvalue weighted by Gasteiger charge is -2.31. The fourth-order valence-electron chi connectivity index (χ4n) is 3.15. The maximum atomic E-state index is 12.5. The second-order valence-corrected chi connectivity index (χ2v) is 6.15. The number of nitrogens with one attached hydrogen (secondary N) is 1. The van der Waals surface area contributed by atoms with Crippen LogP contribution in [0.15, 0.2) is 48.7 Å². The molecule has 2 aromatic rings. The Morgan fingerprint density at radius 1 is 1.12 bits per heavy atom. The third-order valence-electron chi connectivity index (χ3n) is 4.47. The predicted molar refractivity (Wildman–Crippen MR) is 108 cm³/mol. The van der Waals surface area contributed by atoms with Crippen molar-refractivity contribution in [3.63, 3.8) is 0 Å². The van der Waals surface area contributed by atoms with E-state index >= 15 is 0 Å². The van der Waals surface area contributed by atoms with E-state index < -0.39 is 0 Å². The molecule has 3 rings (SSSR count). The Hall–Kier alpha value is -1.82. The van der Waals surface area contributed by atoms with Crippen LogP contribution in [-0.2, 0) is 0 Å². The van der Waals surface area contributed by atoms with Crippen molar-refractivity contribution in [1.29, 1.82) is 0 Å². The highest BCUT2D eigenvalue weighted by molar-refractivity contribution is 5.92. The van der Waals surface area contributed by atoms with Crippen LogP contribution in [0.25, 0.3) is 0 Å². The number of benzene rings is 1. The van der Waals surface area contributed by atoms with Crippen molar-refractivity contribution in [1.82, 2.24) is 10.3 Å². The van der Waals surface area contributed by atoms with Crippen LogP contribution in [0.1, 0.15) is 36.2 Å². The average molecular weight is 398 g/mol. The summed E-state index contributed by atoms with van der Waals surface area (Å²) in [7, 11) is 0. The molecule has 3 N–H and O–H groups in total. The Morgan fingerprint density at radius 3 is 2.58 bits per heavy atom. The average Bonchev–Trinajstić information content (AvgIpc) is 2.63. The molecule has 5 nitrogen and oxygen atoms in total. The third kappa shape index (κ3) is 5.87. The molecule has 7 heteroatoms. The standard InChI is InChI=1S/C19H23N3O2.2ClH/c20-13-14-6-4-5-9-17(14)22-19(23)18-12-16(10-11-21-18)24-15-7-2-1-3-8-15;;/h1-3,7-8,10-12,14,17H,4-6,9,13,20H2,(H,22,23);2*1H. The molecule has 0 saturated heterocycles. The van der Waals surface area contributed by atoms with Crippen LogP contribution in [-0.4, -0.2) is 23.5 Å². The smallest absolute Gasteiger partial charge is 0.270 e. The number of nitrogens with zero attached hydrogens (tertiary/aromatic N) is 1. The molecular formula is C19H25Cl2N3O2. The first-order chi connectivity index (χ1) is 11.8. The number of hydrogen-bond acceptors (Lipinski definition) is 4. The molecule has 2 atom stereocenters. The van der Waals surface area contributed by atoms with Gasteiger partial charge >= 0.3 is 0 Å². The van der Waals surface area contributed by atoms with E-state index in [-0.39, 0.29) is 36.8 Å². The topological polar surface area (TPSA) is 77.2 Å². The van der Waals surface area contributed by atoms with Gasteiger partial charge in [-0.1, -0.05) is 31.0 Å². The highest BCUT2D eigenvalue weighted by Crippen LogP contribution is 2.24. The zero-order valence-electron chi connectivity index (χ0n) is 14.5. The minimum atomic E-state index is -0.168. The first-order valence-corrected chi connectivity index (χ1v) is 8.46. The lowest BCUT2D eigenvalue weighted by molar-refractivity contribution is 0.0902. The molecule has 1 aromatic heterocycles. The van der Waals surface area contributed by atoms with Crippen molar-refractivity contribution < 1.29 is 9.53 Å². The number of amides is 1. The molecule has 1 aromatic carbocycles. The molecule has 0 radical (unpaired) electrons. The van der Waals surface area contributed by atoms with Crippen LogP contribution < -0.4 is 15.8 Å². The molecule has 0 aliphatic heterocycles. The predicted octanol–water partition coefficient (Wildman–Crippen LogP) is 3.96. The second kappa shape index (κ2) is 11.0. The van der Waals surface area contributed by atoms with E-state index in [0.29, 0.717) is 23.9 Å². The number of para-hydroxylation sites is 1. The van der Waals surface area contributed by atoms with Gasteiger partial charge in [0.15, 0.2) is 0 Å². The Labute approximate surface area is 166 Å². The number of carbonyl (C=O) groups is 1. The molecule has 1 aliphatic rings. The van der Waals surface area contributed by atoms with Crippen LogP contribution in [0.4, 0.5) is 0 Å². The van der Waals surface area contributed by atoms with Gasteiger partial charge < -0.3 is 15.8 Å². The SMILES string of the molecule is Cl.Cl.NCC1CCCCC1NC(=O)c1cc(Oc2ccccc2)ccn1. The van der Waals surface area contributed by atoms with Gasteiger partial charge in [-0.3, -0.25) is 9.78 Å². The van der Waals surface area contributed by atoms with Crippen molar-refractivity contribution in [2.24, 2.45) is 11.7 Å². The van der Waals surface area contributed by atoms with Gasteiger partial charge in [-0.25, -0.2) is 0 Å². The van der Waals surface area contributed by atoms with E-state index in [1.807, 2.05) is 30.3 Å². The Morgan fingerprint density at radius 2 is 1.85 bits per heavy atom. The lowest BCUT2D eigenvalue weighted by Crippen LogP contribution is -2.44. The van der Waals surface area contributed by atoms with Gasteiger partial charge in [0.1, 0.15) is 17.2 Å². The summed E-state index contributed by atoms with van der Waals surface area (Å²) in [4.78, 5) is 16.7. The number of pyridine rings is 1. The maximum absolute atomic E-state index is 12.5. The molecule has 2 unspecified atom stereocenters. The van der Waals surface area contributed by atoms with E-state index in [0.717, 1.165) is 25.0 Å². The first-order valence-electron chi connectivity index (χ1n) is 8.46. The Balaban J connectivity index is 0.00000169. The number of ether oxygens (including phenoxy) is 1. The van der Waals surface area contributed by atoms with E-state index in [9.17, 15) is 4.79 Å². The zero-order chi connectivity index (χ0) is 16.8. The summed E-state index contributed by atoms with van der Waals surface area (Å²) in [6.07, 6.45) is 5.97. The normalized spacial score (nSPS) is 18.8. The van der Waals surface area contributed by atoms with Gasteiger partial charge in [-0.15, -0.1) is 24.8 Å². The van der Waals surface area contributed by atoms with E-state index in [1.54, 1.807) is 18.3 Å². The molecule has 1 fully saturated rings. The minimum Gasteiger partial charge on any atom is -0.457 e. The van der Waals surface area contributed by atoms with Crippen molar-refractivity contribution >= 4 is 30.7 Å². The number of nitrogens with two attached hydrogens (primary N) is 1. The maximum Gasteiger partial charge on any atom is 0.270 e. The number of aromatic nitrogens is 1. The fraction of sp³-hybridized carbons (Fsp3) is 0.368. The summed E-state index contributed by atoms with van der Waals surface area (Å²) in [5.41, 5.74) is 6.20. The molecule has 1 saturated carbocycles. The number of rotatable bonds is 5. The van der Waals surface area contributed by atoms with Gasteiger partial charge in [0.25, 0.3) is 5.91 Å². The third-order valence-corrected chi connectivity index (χ3v) is 4.47. The first kappa shape index (κ1) is 22.2. The van der Waals surface area contributed by atoms with Crippen molar-refractivity contribution in [2.75, 3.05) is 6.54 Å². The Bertz CT molecular complexity index is 685. The van der Waals surface area contributed by atoms with Crippen LogP contribution in [0.5, 0.6) is 11.5 Å². The lowest BCUT2D eigenvalue weighted by atomic mass is 9.84. The summed E-state index contributed by atoms with van der Waals surface area (Å²) >= 11 is 0. The van der Waals surface area contributed by atoms with Gasteiger partial charge in [-0.2, -0.15) is 0 Å². The number of halogens is 2. The molecule has 26 heavy (non-hydrogen) atoms. The largest absolute Gasteiger partial charge is 0.457 e. The fourth-order valence-corrected chi connectivity index (χ4v) is 3.15. The van der Waals surface area contributed by atoms with Crippen LogP contribution >= 0.6 is 24.8 Å². The second-order valence-electron chi connectivity index (χ2n) is 6.15. The van der Waals surface area contributed by atoms with Crippen LogP contribution in [0.2, 0.25) is 0 Å². The summed E-state index contributed by atoms with van der Waals surface area (Å²) in [5, 5.41) is 3.09. The summed E-state index contributed by atoms with van der Waals surface area (Å²) < 4.78 is 5.76. The van der Waals surface area contributed by atoms with Crippen molar-refractivity contribution in [3.8, 4) is 11.5 Å². The molecule has 1 heterocycles. The zero-order valence-corrected chi connectivity index (χ0v) is 16.1. The summed E-state index contributed by atoms with van der Waals surface area (Å²) in [5.74, 6) is 1.51. The van der Waals surface area contributed by atoms with Crippen molar-refractivity contribution in [3.05, 3.63) is 54.4 Å². The quantitative estimate of drug-likeness (QED) is 0.799. The molecule has 0 bridgehead atoms. The van der Waals surface area contributed by atoms with Gasteiger partial charge in [0.05, 0.1) is 0 Å². The molecule has 1 aliphatic carbocycles. The highest BCUT2D eigenvalue weighted by atomic mass is 35.5. The number of carbonyl (C=O) groups excluding carboxylic acids is 1. The van der Waals surface area contributed by atoms with E-state index in [4.69, 9.17) is 10.5 Å². The van der Waals surface area contributed by atoms with E-state index in [2.05, 4.69) is 10.3 Å². The highest BCUT2D eigenvalue weighted by Gasteiger charge is 2.26. The van der Waals surface area contributed by atoms with Gasteiger partial charge in [-0.05, 0) is 43.5 Å². The molecule has 142 valence electrons. The summed E-state index contributed by atoms with van der Waals surface area (Å²) in [6, 6.07) is 13.0. The molecular weight excluding hydrogens is 373 g/mol. The van der Waals surface area contributed by atoms with Crippen molar-refractivity contribution in [2.45, 2.75) is 31.7 Å². The van der Waals surface area contributed by atoms with Gasteiger partial charge in [0, 0.05) is 18.3 Å². The number of hydrogen-bond donors (Lipinski definition) is 2. The summed E-state index contributed by atoms with van der Waals surface area (Å²) in [6.45, 7) is 0.607.